The molecule has 1 N–H and O–H groups in total. The fourth-order valence-electron chi connectivity index (χ4n) is 2.83. The summed E-state index contributed by atoms with van der Waals surface area (Å²) in [5.74, 6) is -1.16. The normalized spacial score (nSPS) is 15.4. The number of pyridine rings is 2. The third kappa shape index (κ3) is 4.61. The predicted molar refractivity (Wildman–Crippen MR) is 95.8 cm³/mol. The van der Waals surface area contributed by atoms with Crippen LogP contribution in [0.25, 0.3) is 0 Å². The summed E-state index contributed by atoms with van der Waals surface area (Å²) in [6.07, 6.45) is -2.65. The highest BCUT2D eigenvalue weighted by Gasteiger charge is 2.31. The highest BCUT2D eigenvalue weighted by molar-refractivity contribution is 5.98. The zero-order valence-electron chi connectivity index (χ0n) is 15.8. The Kier molecular flexibility index (Phi) is 4.96. The SMILES string of the molecule is Cc1cc(C(=O)N2Cc3ccc(OCC(F)(F)F)nc3O2)cc(C(=O)NC2CC2)n1. The minimum absolute atomic E-state index is 0.0134. The van der Waals surface area contributed by atoms with E-state index in [0.29, 0.717) is 11.3 Å². The summed E-state index contributed by atoms with van der Waals surface area (Å²) in [7, 11) is 0. The first-order valence-corrected chi connectivity index (χ1v) is 9.17. The number of halogens is 3. The molecule has 0 unspecified atom stereocenters. The number of carbonyl (C=O) groups is 2. The summed E-state index contributed by atoms with van der Waals surface area (Å²) in [6, 6.07) is 5.81. The number of ether oxygens (including phenoxy) is 1. The molecule has 1 aliphatic heterocycles. The number of hydrogen-bond donors (Lipinski definition) is 1. The van der Waals surface area contributed by atoms with Crippen LogP contribution in [0.3, 0.4) is 0 Å². The van der Waals surface area contributed by atoms with E-state index in [1.54, 1.807) is 6.92 Å². The van der Waals surface area contributed by atoms with E-state index in [1.807, 2.05) is 0 Å². The molecule has 11 heteroatoms. The monoisotopic (exact) mass is 422 g/mol. The number of hydroxylamine groups is 2. The lowest BCUT2D eigenvalue weighted by molar-refractivity contribution is -0.154. The van der Waals surface area contributed by atoms with Crippen molar-refractivity contribution < 1.29 is 32.3 Å². The van der Waals surface area contributed by atoms with Gasteiger partial charge in [0.25, 0.3) is 17.7 Å². The van der Waals surface area contributed by atoms with E-state index >= 15 is 0 Å². The van der Waals surface area contributed by atoms with E-state index in [2.05, 4.69) is 20.0 Å². The van der Waals surface area contributed by atoms with Crippen molar-refractivity contribution in [3.63, 3.8) is 0 Å². The molecular formula is C19H17F3N4O4. The van der Waals surface area contributed by atoms with Gasteiger partial charge in [0.1, 0.15) is 5.69 Å². The number of fused-ring (bicyclic) bond motifs is 1. The average Bonchev–Trinajstić information content (AvgIpc) is 3.39. The van der Waals surface area contributed by atoms with Crippen LogP contribution in [0.1, 0.15) is 44.9 Å². The highest BCUT2D eigenvalue weighted by atomic mass is 19.4. The van der Waals surface area contributed by atoms with Gasteiger partial charge in [-0.3, -0.25) is 9.59 Å². The number of nitrogens with one attached hydrogen (secondary N) is 1. The van der Waals surface area contributed by atoms with Gasteiger partial charge >= 0.3 is 6.18 Å². The molecule has 1 fully saturated rings. The second-order valence-electron chi connectivity index (χ2n) is 7.08. The van der Waals surface area contributed by atoms with Crippen LogP contribution in [0.4, 0.5) is 13.2 Å². The third-order valence-electron chi connectivity index (χ3n) is 4.38. The van der Waals surface area contributed by atoms with Crippen molar-refractivity contribution in [3.05, 3.63) is 46.8 Å². The van der Waals surface area contributed by atoms with Crippen LogP contribution in [-0.2, 0) is 6.54 Å². The first kappa shape index (κ1) is 19.9. The van der Waals surface area contributed by atoms with Gasteiger partial charge in [-0.15, -0.1) is 0 Å². The van der Waals surface area contributed by atoms with Crippen LogP contribution in [0, 0.1) is 6.92 Å². The zero-order valence-corrected chi connectivity index (χ0v) is 15.8. The van der Waals surface area contributed by atoms with Gasteiger partial charge in [0.15, 0.2) is 6.61 Å². The van der Waals surface area contributed by atoms with Crippen LogP contribution < -0.4 is 14.9 Å². The first-order valence-electron chi connectivity index (χ1n) is 9.17. The molecule has 0 radical (unpaired) electrons. The number of aromatic nitrogens is 2. The number of nitrogens with zero attached hydrogens (tertiary/aromatic N) is 3. The van der Waals surface area contributed by atoms with Crippen LogP contribution in [-0.4, -0.2) is 45.7 Å². The Hall–Kier alpha value is -3.37. The quantitative estimate of drug-likeness (QED) is 0.796. The van der Waals surface area contributed by atoms with E-state index in [0.717, 1.165) is 17.9 Å². The van der Waals surface area contributed by atoms with Crippen molar-refractivity contribution in [1.82, 2.24) is 20.3 Å². The summed E-state index contributed by atoms with van der Waals surface area (Å²) >= 11 is 0. The lowest BCUT2D eigenvalue weighted by Crippen LogP contribution is -2.31. The van der Waals surface area contributed by atoms with E-state index < -0.39 is 18.7 Å². The Morgan fingerprint density at radius 3 is 2.73 bits per heavy atom. The first-order chi connectivity index (χ1) is 14.2. The number of rotatable bonds is 5. The molecule has 30 heavy (non-hydrogen) atoms. The molecule has 0 atom stereocenters. The van der Waals surface area contributed by atoms with Gasteiger partial charge in [-0.1, -0.05) is 0 Å². The smallest absolute Gasteiger partial charge is 0.422 e. The molecule has 158 valence electrons. The molecular weight excluding hydrogens is 405 g/mol. The fourth-order valence-corrected chi connectivity index (χ4v) is 2.83. The number of alkyl halides is 3. The third-order valence-corrected chi connectivity index (χ3v) is 4.38. The van der Waals surface area contributed by atoms with E-state index in [4.69, 9.17) is 4.84 Å². The Morgan fingerprint density at radius 1 is 1.27 bits per heavy atom. The van der Waals surface area contributed by atoms with Crippen molar-refractivity contribution in [3.8, 4) is 11.8 Å². The van der Waals surface area contributed by atoms with Crippen LogP contribution in [0.5, 0.6) is 11.8 Å². The van der Waals surface area contributed by atoms with Crippen molar-refractivity contribution in [2.75, 3.05) is 6.61 Å². The lowest BCUT2D eigenvalue weighted by Gasteiger charge is -2.15. The van der Waals surface area contributed by atoms with Crippen molar-refractivity contribution in [2.24, 2.45) is 0 Å². The molecule has 0 bridgehead atoms. The van der Waals surface area contributed by atoms with Gasteiger partial charge in [0, 0.05) is 28.9 Å². The molecule has 4 rings (SSSR count). The second kappa shape index (κ2) is 7.47. The largest absolute Gasteiger partial charge is 0.468 e. The Balaban J connectivity index is 1.47. The molecule has 1 aliphatic carbocycles. The summed E-state index contributed by atoms with van der Waals surface area (Å²) in [6.45, 7) is 0.227. The van der Waals surface area contributed by atoms with Crippen LogP contribution in [0.2, 0.25) is 0 Å². The summed E-state index contributed by atoms with van der Waals surface area (Å²) < 4.78 is 41.5. The fraction of sp³-hybridized carbons (Fsp3) is 0.368. The molecule has 8 nitrogen and oxygen atoms in total. The molecule has 2 amide bonds. The van der Waals surface area contributed by atoms with Crippen LogP contribution in [0.15, 0.2) is 24.3 Å². The summed E-state index contributed by atoms with van der Waals surface area (Å²) in [5, 5.41) is 3.83. The molecule has 0 saturated heterocycles. The molecule has 0 aromatic carbocycles. The molecule has 1 saturated carbocycles. The minimum Gasteiger partial charge on any atom is -0.468 e. The van der Waals surface area contributed by atoms with Crippen LogP contribution >= 0.6 is 0 Å². The number of hydrogen-bond acceptors (Lipinski definition) is 6. The Morgan fingerprint density at radius 2 is 2.03 bits per heavy atom. The van der Waals surface area contributed by atoms with Gasteiger partial charge in [-0.05, 0) is 38.0 Å². The lowest BCUT2D eigenvalue weighted by atomic mass is 10.1. The highest BCUT2D eigenvalue weighted by Crippen LogP contribution is 2.30. The topological polar surface area (TPSA) is 93.7 Å². The van der Waals surface area contributed by atoms with E-state index in [9.17, 15) is 22.8 Å². The maximum absolute atomic E-state index is 12.9. The second-order valence-corrected chi connectivity index (χ2v) is 7.08. The zero-order chi connectivity index (χ0) is 21.5. The molecule has 0 spiro atoms. The molecule has 2 aliphatic rings. The maximum Gasteiger partial charge on any atom is 0.422 e. The van der Waals surface area contributed by atoms with E-state index in [1.165, 1.54) is 24.3 Å². The van der Waals surface area contributed by atoms with Gasteiger partial charge in [-0.25, -0.2) is 4.98 Å². The van der Waals surface area contributed by atoms with Gasteiger partial charge < -0.3 is 14.9 Å². The maximum atomic E-state index is 12.9. The summed E-state index contributed by atoms with van der Waals surface area (Å²) in [5.41, 5.74) is 1.33. The number of carbonyl (C=O) groups excluding carboxylic acids is 2. The molecule has 2 aromatic rings. The molecule has 3 heterocycles. The number of amides is 2. The average molecular weight is 422 g/mol. The summed E-state index contributed by atoms with van der Waals surface area (Å²) in [4.78, 5) is 38.6. The van der Waals surface area contributed by atoms with Crippen molar-refractivity contribution in [1.29, 1.82) is 0 Å². The Bertz CT molecular complexity index is 1010. The van der Waals surface area contributed by atoms with Crippen molar-refractivity contribution >= 4 is 11.8 Å². The van der Waals surface area contributed by atoms with Gasteiger partial charge in [0.2, 0.25) is 5.88 Å². The van der Waals surface area contributed by atoms with Gasteiger partial charge in [0.05, 0.1) is 6.54 Å². The van der Waals surface area contributed by atoms with Crippen molar-refractivity contribution in [2.45, 2.75) is 38.5 Å². The van der Waals surface area contributed by atoms with E-state index in [-0.39, 0.29) is 41.5 Å². The standard InChI is InChI=1S/C19H17F3N4O4/c1-10-6-12(7-14(23-10)16(27)24-13-3-4-13)18(28)26-8-11-2-5-15(25-17(11)30-26)29-9-19(20,21)22/h2,5-7,13H,3-4,8-9H2,1H3,(H,24,27). The Labute approximate surface area is 169 Å². The molecule has 2 aromatic heterocycles. The minimum atomic E-state index is -4.49. The number of aryl methyl sites for hydroxylation is 1. The predicted octanol–water partition coefficient (Wildman–Crippen LogP) is 2.57. The van der Waals surface area contributed by atoms with Gasteiger partial charge in [-0.2, -0.15) is 23.2 Å².